The number of nitrogens with zero attached hydrogens (tertiary/aromatic N) is 1. The second-order valence-corrected chi connectivity index (χ2v) is 4.28. The van der Waals surface area contributed by atoms with Crippen LogP contribution in [0.4, 0.5) is 17.6 Å². The fourth-order valence-electron chi connectivity index (χ4n) is 1.92. The zero-order valence-electron chi connectivity index (χ0n) is 8.74. The van der Waals surface area contributed by atoms with E-state index in [9.17, 15) is 17.6 Å². The van der Waals surface area contributed by atoms with Gasteiger partial charge in [0.1, 0.15) is 0 Å². The lowest BCUT2D eigenvalue weighted by Crippen LogP contribution is -2.25. The molecule has 16 heavy (non-hydrogen) atoms. The highest BCUT2D eigenvalue weighted by atomic mass is 19.3. The summed E-state index contributed by atoms with van der Waals surface area (Å²) in [4.78, 5) is 5.94. The Balaban J connectivity index is 2.32. The number of fused-ring (bicyclic) bond motifs is 1. The highest BCUT2D eigenvalue weighted by Gasteiger charge is 2.46. The molecule has 1 aromatic heterocycles. The lowest BCUT2D eigenvalue weighted by Gasteiger charge is -2.15. The van der Waals surface area contributed by atoms with Gasteiger partial charge in [0.15, 0.2) is 5.82 Å². The molecule has 1 atom stereocenters. The summed E-state index contributed by atoms with van der Waals surface area (Å²) in [5, 5.41) is 0. The summed E-state index contributed by atoms with van der Waals surface area (Å²) in [6, 6.07) is 0. The highest BCUT2D eigenvalue weighted by molar-refractivity contribution is 5.20. The first-order valence-corrected chi connectivity index (χ1v) is 5.15. The average Bonchev–Trinajstić information content (AvgIpc) is 2.60. The van der Waals surface area contributed by atoms with Crippen LogP contribution in [0.5, 0.6) is 0 Å². The Morgan fingerprint density at radius 1 is 1.44 bits per heavy atom. The Kier molecular flexibility index (Phi) is 2.67. The van der Waals surface area contributed by atoms with Gasteiger partial charge < -0.3 is 4.98 Å². The quantitative estimate of drug-likeness (QED) is 0.786. The zero-order chi connectivity index (χ0) is 11.9. The summed E-state index contributed by atoms with van der Waals surface area (Å²) in [6.45, 7) is 1.99. The van der Waals surface area contributed by atoms with Crippen molar-refractivity contribution in [3.8, 4) is 0 Å². The second kappa shape index (κ2) is 3.75. The SMILES string of the molecule is CC1CCc2nc(C(F)(F)C(F)F)[nH]c2C1. The number of H-pyrrole nitrogens is 1. The van der Waals surface area contributed by atoms with Crippen LogP contribution in [-0.2, 0) is 18.8 Å². The summed E-state index contributed by atoms with van der Waals surface area (Å²) in [5.41, 5.74) is 1.09. The van der Waals surface area contributed by atoms with E-state index in [0.29, 0.717) is 30.1 Å². The summed E-state index contributed by atoms with van der Waals surface area (Å²) >= 11 is 0. The van der Waals surface area contributed by atoms with Crippen LogP contribution in [0.25, 0.3) is 0 Å². The maximum absolute atomic E-state index is 13.0. The molecule has 1 aliphatic carbocycles. The minimum atomic E-state index is -4.18. The van der Waals surface area contributed by atoms with Crippen LogP contribution < -0.4 is 0 Å². The first kappa shape index (κ1) is 11.4. The number of imidazole rings is 1. The van der Waals surface area contributed by atoms with Gasteiger partial charge in [0.05, 0.1) is 5.69 Å². The van der Waals surface area contributed by atoms with E-state index in [0.717, 1.165) is 6.42 Å². The Bertz CT molecular complexity index is 386. The standard InChI is InChI=1S/C10H12F4N2/c1-5-2-3-6-7(4-5)16-9(15-6)10(13,14)8(11)12/h5,8H,2-4H2,1H3,(H,15,16). The first-order valence-electron chi connectivity index (χ1n) is 5.15. The van der Waals surface area contributed by atoms with Gasteiger partial charge in [-0.15, -0.1) is 0 Å². The lowest BCUT2D eigenvalue weighted by molar-refractivity contribution is -0.140. The van der Waals surface area contributed by atoms with Crippen molar-refractivity contribution in [1.82, 2.24) is 9.97 Å². The number of nitrogens with one attached hydrogen (secondary N) is 1. The molecule has 1 N–H and O–H groups in total. The molecule has 0 fully saturated rings. The third kappa shape index (κ3) is 1.81. The van der Waals surface area contributed by atoms with Crippen LogP contribution in [0.2, 0.25) is 0 Å². The smallest absolute Gasteiger partial charge is 0.340 e. The lowest BCUT2D eigenvalue weighted by atomic mass is 9.92. The molecule has 0 radical (unpaired) electrons. The van der Waals surface area contributed by atoms with E-state index in [1.807, 2.05) is 6.92 Å². The molecular formula is C10H12F4N2. The van der Waals surface area contributed by atoms with Crippen molar-refractivity contribution in [3.63, 3.8) is 0 Å². The van der Waals surface area contributed by atoms with E-state index in [2.05, 4.69) is 9.97 Å². The van der Waals surface area contributed by atoms with E-state index in [-0.39, 0.29) is 0 Å². The molecule has 0 spiro atoms. The number of halogens is 4. The Hall–Kier alpha value is -1.07. The second-order valence-electron chi connectivity index (χ2n) is 4.28. The Labute approximate surface area is 90.1 Å². The molecule has 0 bridgehead atoms. The van der Waals surface area contributed by atoms with E-state index < -0.39 is 18.2 Å². The van der Waals surface area contributed by atoms with Crippen LogP contribution in [0, 0.1) is 5.92 Å². The number of rotatable bonds is 2. The van der Waals surface area contributed by atoms with Gasteiger partial charge in [-0.25, -0.2) is 13.8 Å². The molecule has 0 saturated heterocycles. The number of hydrogen-bond donors (Lipinski definition) is 1. The number of aryl methyl sites for hydroxylation is 1. The minimum absolute atomic E-state index is 0.376. The fourth-order valence-corrected chi connectivity index (χ4v) is 1.92. The van der Waals surface area contributed by atoms with Crippen molar-refractivity contribution >= 4 is 0 Å². The number of aromatic nitrogens is 2. The number of aromatic amines is 1. The average molecular weight is 236 g/mol. The molecule has 1 heterocycles. The third-order valence-corrected chi connectivity index (χ3v) is 2.88. The molecule has 0 aliphatic heterocycles. The molecule has 0 aromatic carbocycles. The zero-order valence-corrected chi connectivity index (χ0v) is 8.74. The molecule has 2 nitrogen and oxygen atoms in total. The van der Waals surface area contributed by atoms with Crippen molar-refractivity contribution in [2.45, 2.75) is 38.5 Å². The third-order valence-electron chi connectivity index (χ3n) is 2.88. The summed E-state index contributed by atoms with van der Waals surface area (Å²) in [5.74, 6) is -4.71. The van der Waals surface area contributed by atoms with Crippen molar-refractivity contribution in [3.05, 3.63) is 17.2 Å². The van der Waals surface area contributed by atoms with Gasteiger partial charge in [-0.1, -0.05) is 6.92 Å². The van der Waals surface area contributed by atoms with Crippen molar-refractivity contribution in [1.29, 1.82) is 0 Å². The predicted octanol–water partition coefficient (Wildman–Crippen LogP) is 2.89. The molecule has 1 unspecified atom stereocenters. The summed E-state index contributed by atoms with van der Waals surface area (Å²) < 4.78 is 50.3. The molecule has 6 heteroatoms. The molecule has 90 valence electrons. The summed E-state index contributed by atoms with van der Waals surface area (Å²) in [6.07, 6.45) is -1.69. The van der Waals surface area contributed by atoms with Crippen molar-refractivity contribution < 1.29 is 17.6 Å². The van der Waals surface area contributed by atoms with Crippen LogP contribution in [0.15, 0.2) is 0 Å². The first-order chi connectivity index (χ1) is 7.41. The molecular weight excluding hydrogens is 224 g/mol. The fraction of sp³-hybridized carbons (Fsp3) is 0.700. The van der Waals surface area contributed by atoms with Gasteiger partial charge in [-0.3, -0.25) is 0 Å². The Morgan fingerprint density at radius 2 is 2.12 bits per heavy atom. The predicted molar refractivity (Wildman–Crippen MR) is 49.7 cm³/mol. The van der Waals surface area contributed by atoms with E-state index in [1.54, 1.807) is 0 Å². The molecule has 2 rings (SSSR count). The van der Waals surface area contributed by atoms with Gasteiger partial charge in [0, 0.05) is 5.69 Å². The monoisotopic (exact) mass is 236 g/mol. The van der Waals surface area contributed by atoms with E-state index >= 15 is 0 Å². The number of hydrogen-bond acceptors (Lipinski definition) is 1. The normalized spacial score (nSPS) is 21.2. The molecule has 1 aliphatic rings. The summed E-state index contributed by atoms with van der Waals surface area (Å²) in [7, 11) is 0. The molecule has 0 amide bonds. The van der Waals surface area contributed by atoms with Crippen molar-refractivity contribution in [2.24, 2.45) is 5.92 Å². The van der Waals surface area contributed by atoms with Gasteiger partial charge in [0.25, 0.3) is 0 Å². The minimum Gasteiger partial charge on any atom is -0.340 e. The number of alkyl halides is 4. The largest absolute Gasteiger partial charge is 0.363 e. The van der Waals surface area contributed by atoms with Crippen LogP contribution in [0.1, 0.15) is 30.6 Å². The molecule has 0 saturated carbocycles. The van der Waals surface area contributed by atoms with Crippen LogP contribution >= 0.6 is 0 Å². The van der Waals surface area contributed by atoms with E-state index in [1.165, 1.54) is 0 Å². The van der Waals surface area contributed by atoms with Crippen LogP contribution in [0.3, 0.4) is 0 Å². The molecule has 1 aromatic rings. The van der Waals surface area contributed by atoms with Gasteiger partial charge >= 0.3 is 12.3 Å². The maximum Gasteiger partial charge on any atom is 0.363 e. The topological polar surface area (TPSA) is 28.7 Å². The van der Waals surface area contributed by atoms with Crippen molar-refractivity contribution in [2.75, 3.05) is 0 Å². The Morgan fingerprint density at radius 3 is 2.75 bits per heavy atom. The van der Waals surface area contributed by atoms with Gasteiger partial charge in [-0.05, 0) is 25.2 Å². The van der Waals surface area contributed by atoms with Gasteiger partial charge in [-0.2, -0.15) is 8.78 Å². The van der Waals surface area contributed by atoms with E-state index in [4.69, 9.17) is 0 Å². The van der Waals surface area contributed by atoms with Gasteiger partial charge in [0.2, 0.25) is 0 Å². The van der Waals surface area contributed by atoms with Crippen LogP contribution in [-0.4, -0.2) is 16.4 Å². The highest BCUT2D eigenvalue weighted by Crippen LogP contribution is 2.34. The maximum atomic E-state index is 13.0.